The topological polar surface area (TPSA) is 52.6 Å². The van der Waals surface area contributed by atoms with E-state index in [1.807, 2.05) is 13.8 Å². The van der Waals surface area contributed by atoms with Crippen molar-refractivity contribution in [1.82, 2.24) is 0 Å². The molecule has 0 N–H and O–H groups in total. The summed E-state index contributed by atoms with van der Waals surface area (Å²) >= 11 is 5.19. The number of methoxy groups -OCH3 is 2. The number of hydrogen-bond donors (Lipinski definition) is 0. The molecular formula is C34H69ClO4. The molecule has 0 unspecified atom stereocenters. The zero-order valence-electron chi connectivity index (χ0n) is 28.6. The van der Waals surface area contributed by atoms with Gasteiger partial charge in [-0.2, -0.15) is 0 Å². The average Bonchev–Trinajstić information content (AvgIpc) is 2.95. The highest BCUT2D eigenvalue weighted by Crippen LogP contribution is 2.00. The quantitative estimate of drug-likeness (QED) is 0.228. The summed E-state index contributed by atoms with van der Waals surface area (Å²) in [4.78, 5) is 20.5. The number of hydrogen-bond acceptors (Lipinski definition) is 4. The Kier molecular flexibility index (Phi) is 63.7. The van der Waals surface area contributed by atoms with Gasteiger partial charge < -0.3 is 9.47 Å². The maximum absolute atomic E-state index is 10.3. The first-order valence-corrected chi connectivity index (χ1v) is 15.7. The van der Waals surface area contributed by atoms with Crippen LogP contribution in [0.25, 0.3) is 0 Å². The van der Waals surface area contributed by atoms with Crippen molar-refractivity contribution in [3.05, 3.63) is 35.9 Å². The Morgan fingerprint density at radius 2 is 1.13 bits per heavy atom. The van der Waals surface area contributed by atoms with Gasteiger partial charge in [0.05, 0.1) is 20.1 Å². The molecule has 0 saturated heterocycles. The van der Waals surface area contributed by atoms with Gasteiger partial charge in [0.1, 0.15) is 0 Å². The van der Waals surface area contributed by atoms with Crippen molar-refractivity contribution in [2.75, 3.05) is 20.1 Å². The summed E-state index contributed by atoms with van der Waals surface area (Å²) in [5, 5.41) is 0. The molecule has 0 spiro atoms. The minimum atomic E-state index is -0.153. The second-order valence-electron chi connectivity index (χ2n) is 9.44. The smallest absolute Gasteiger partial charge is 0.308 e. The predicted molar refractivity (Wildman–Crippen MR) is 177 cm³/mol. The molecule has 4 nitrogen and oxygen atoms in total. The molecule has 236 valence electrons. The molecule has 39 heavy (non-hydrogen) atoms. The van der Waals surface area contributed by atoms with Crippen LogP contribution in [0.5, 0.6) is 0 Å². The maximum atomic E-state index is 10.3. The van der Waals surface area contributed by atoms with Gasteiger partial charge in [-0.1, -0.05) is 146 Å². The summed E-state index contributed by atoms with van der Waals surface area (Å²) < 4.78 is 8.72. The van der Waals surface area contributed by atoms with Gasteiger partial charge in [-0.25, -0.2) is 0 Å². The fourth-order valence-corrected chi connectivity index (χ4v) is 1.48. The fraction of sp³-hybridized carbons (Fsp3) is 0.765. The van der Waals surface area contributed by atoms with E-state index in [0.29, 0.717) is 6.42 Å². The Morgan fingerprint density at radius 1 is 0.718 bits per heavy atom. The molecule has 0 amide bonds. The van der Waals surface area contributed by atoms with Gasteiger partial charge in [-0.05, 0) is 30.7 Å². The summed E-state index contributed by atoms with van der Waals surface area (Å²) in [5.74, 6) is 1.41. The first kappa shape index (κ1) is 50.3. The van der Waals surface area contributed by atoms with Crippen LogP contribution in [0.15, 0.2) is 30.3 Å². The molecule has 0 fully saturated rings. The number of aryl methyl sites for hydroxylation is 1. The van der Waals surface area contributed by atoms with Crippen LogP contribution in [0.3, 0.4) is 0 Å². The van der Waals surface area contributed by atoms with Crippen LogP contribution in [0.1, 0.15) is 140 Å². The number of rotatable bonds is 8. The number of ether oxygens (including phenoxy) is 2. The Bertz CT molecular complexity index is 523. The van der Waals surface area contributed by atoms with Gasteiger partial charge in [0.2, 0.25) is 0 Å². The standard InChI is InChI=1S/C9H12.2C5H10O2.C5H12.C4H10.C3H7Cl.C3H8/c1-2-6-9-7-4-3-5-8-9;1-4(2)5(6)7-3;1-3-4-5(6)7-2;1-4-5(2)3;1-3-4-2;1-2-3-4;1-3-2/h3-5,7-8H,2,6H2,1H3;4H,1-3H3;3-4H2,1-2H3;5H,4H2,1-3H3;3-4H2,1-2H3;2-3H2,1H3;3H2,1-2H3. The predicted octanol–water partition coefficient (Wildman–Crippen LogP) is 11.3. The van der Waals surface area contributed by atoms with Gasteiger partial charge in [-0.3, -0.25) is 9.59 Å². The number of esters is 2. The third-order valence-electron chi connectivity index (χ3n) is 4.24. The first-order valence-electron chi connectivity index (χ1n) is 15.2. The number of benzene rings is 1. The molecule has 0 bridgehead atoms. The van der Waals surface area contributed by atoms with Gasteiger partial charge >= 0.3 is 11.9 Å². The van der Waals surface area contributed by atoms with Crippen molar-refractivity contribution in [2.45, 2.75) is 141 Å². The molecule has 1 rings (SSSR count). The summed E-state index contributed by atoms with van der Waals surface area (Å²) in [6.45, 7) is 25.0. The number of carbonyl (C=O) groups excluding carboxylic acids is 2. The zero-order valence-corrected chi connectivity index (χ0v) is 29.4. The summed E-state index contributed by atoms with van der Waals surface area (Å²) in [7, 11) is 2.79. The van der Waals surface area contributed by atoms with Crippen LogP contribution in [-0.4, -0.2) is 32.0 Å². The van der Waals surface area contributed by atoms with Crippen LogP contribution in [0.4, 0.5) is 0 Å². The van der Waals surface area contributed by atoms with Crippen LogP contribution in [0, 0.1) is 11.8 Å². The van der Waals surface area contributed by atoms with E-state index in [0.717, 1.165) is 24.6 Å². The molecule has 1 aromatic rings. The van der Waals surface area contributed by atoms with Crippen molar-refractivity contribution < 1.29 is 19.1 Å². The van der Waals surface area contributed by atoms with E-state index < -0.39 is 0 Å². The molecule has 0 aliphatic rings. The van der Waals surface area contributed by atoms with E-state index in [1.165, 1.54) is 58.3 Å². The first-order chi connectivity index (χ1) is 18.4. The molecule has 0 radical (unpaired) electrons. The Balaban J connectivity index is -0.0000000841. The molecule has 0 heterocycles. The van der Waals surface area contributed by atoms with Gasteiger partial charge in [0, 0.05) is 12.3 Å². The minimum absolute atomic E-state index is 0.00463. The number of carbonyl (C=O) groups is 2. The summed E-state index contributed by atoms with van der Waals surface area (Å²) in [5.41, 5.74) is 1.44. The summed E-state index contributed by atoms with van der Waals surface area (Å²) in [6.07, 6.45) is 10.1. The molecule has 0 atom stereocenters. The average molecular weight is 577 g/mol. The monoisotopic (exact) mass is 576 g/mol. The number of alkyl halides is 1. The molecule has 0 aliphatic heterocycles. The van der Waals surface area contributed by atoms with Crippen molar-refractivity contribution in [2.24, 2.45) is 11.8 Å². The lowest BCUT2D eigenvalue weighted by molar-refractivity contribution is -0.144. The molecule has 1 aromatic carbocycles. The van der Waals surface area contributed by atoms with E-state index in [9.17, 15) is 9.59 Å². The van der Waals surface area contributed by atoms with E-state index >= 15 is 0 Å². The molecule has 0 aliphatic carbocycles. The highest BCUT2D eigenvalue weighted by Gasteiger charge is 2.03. The minimum Gasteiger partial charge on any atom is -0.469 e. The summed E-state index contributed by atoms with van der Waals surface area (Å²) in [6, 6.07) is 10.6. The number of halogens is 1. The SMILES string of the molecule is CCC.CCC(C)C.CCCC.CCCC(=O)OC.CCCCl.CCCc1ccccc1.COC(=O)C(C)C. The Hall–Kier alpha value is -1.55. The lowest BCUT2D eigenvalue weighted by Crippen LogP contribution is -2.07. The van der Waals surface area contributed by atoms with Crippen LogP contribution < -0.4 is 0 Å². The molecular weight excluding hydrogens is 508 g/mol. The highest BCUT2D eigenvalue weighted by atomic mass is 35.5. The highest BCUT2D eigenvalue weighted by molar-refractivity contribution is 6.17. The third-order valence-corrected chi connectivity index (χ3v) is 4.62. The van der Waals surface area contributed by atoms with Crippen molar-refractivity contribution in [3.8, 4) is 0 Å². The third kappa shape index (κ3) is 72.4. The van der Waals surface area contributed by atoms with Crippen molar-refractivity contribution in [1.29, 1.82) is 0 Å². The van der Waals surface area contributed by atoms with Gasteiger partial charge in [0.25, 0.3) is 0 Å². The lowest BCUT2D eigenvalue weighted by atomic mass is 10.1. The van der Waals surface area contributed by atoms with Crippen molar-refractivity contribution in [3.63, 3.8) is 0 Å². The second kappa shape index (κ2) is 49.4. The molecule has 5 heteroatoms. The van der Waals surface area contributed by atoms with E-state index in [1.54, 1.807) is 13.8 Å². The molecule has 0 aromatic heterocycles. The largest absolute Gasteiger partial charge is 0.469 e. The van der Waals surface area contributed by atoms with Crippen molar-refractivity contribution >= 4 is 23.5 Å². The van der Waals surface area contributed by atoms with Gasteiger partial charge in [-0.15, -0.1) is 11.6 Å². The number of unbranched alkanes of at least 4 members (excludes halogenated alkanes) is 1. The Labute approximate surface area is 251 Å². The molecule has 0 saturated carbocycles. The van der Waals surface area contributed by atoms with Crippen LogP contribution in [-0.2, 0) is 25.5 Å². The van der Waals surface area contributed by atoms with Gasteiger partial charge in [0.15, 0.2) is 0 Å². The van der Waals surface area contributed by atoms with E-state index in [2.05, 4.69) is 95.2 Å². The Morgan fingerprint density at radius 3 is 1.28 bits per heavy atom. The normalized spacial score (nSPS) is 8.54. The fourth-order valence-electron chi connectivity index (χ4n) is 1.48. The second-order valence-corrected chi connectivity index (χ2v) is 9.82. The van der Waals surface area contributed by atoms with E-state index in [-0.39, 0.29) is 17.9 Å². The lowest BCUT2D eigenvalue weighted by Gasteiger charge is -1.97. The van der Waals surface area contributed by atoms with Crippen LogP contribution in [0.2, 0.25) is 0 Å². The van der Waals surface area contributed by atoms with Crippen LogP contribution >= 0.6 is 11.6 Å². The maximum Gasteiger partial charge on any atom is 0.308 e. The zero-order chi connectivity index (χ0) is 31.9. The van der Waals surface area contributed by atoms with E-state index in [4.69, 9.17) is 11.6 Å².